The van der Waals surface area contributed by atoms with Crippen LogP contribution in [0, 0.1) is 0 Å². The zero-order valence-electron chi connectivity index (χ0n) is 20.1. The Bertz CT molecular complexity index is 1200. The van der Waals surface area contributed by atoms with Crippen LogP contribution in [0.4, 0.5) is 9.80 Å². The van der Waals surface area contributed by atoms with Crippen molar-refractivity contribution in [1.82, 2.24) is 14.7 Å². The van der Waals surface area contributed by atoms with Gasteiger partial charge in [0.25, 0.3) is 11.8 Å². The monoisotopic (exact) mass is 497 g/mol. The van der Waals surface area contributed by atoms with Gasteiger partial charge in [0.2, 0.25) is 0 Å². The maximum atomic E-state index is 13.5. The summed E-state index contributed by atoms with van der Waals surface area (Å²) < 4.78 is 0.881. The van der Waals surface area contributed by atoms with Crippen molar-refractivity contribution < 1.29 is 19.5 Å². The van der Waals surface area contributed by atoms with Gasteiger partial charge in [-0.3, -0.25) is 29.7 Å². The van der Waals surface area contributed by atoms with E-state index < -0.39 is 11.6 Å². The Labute approximate surface area is 208 Å². The van der Waals surface area contributed by atoms with E-state index in [4.69, 9.17) is 4.99 Å². The number of carboxylic acid groups (broad SMARTS) is 1. The molecule has 0 aliphatic carbocycles. The number of hydrogen-bond acceptors (Lipinski definition) is 6. The number of anilines is 1. The van der Waals surface area contributed by atoms with E-state index in [9.17, 15) is 19.5 Å². The number of likely N-dealkylation sites (N-methyl/N-ethyl adjacent to an activating group) is 1. The fourth-order valence-electron chi connectivity index (χ4n) is 5.87. The summed E-state index contributed by atoms with van der Waals surface area (Å²) in [5.74, 6) is 0.802. The summed E-state index contributed by atoms with van der Waals surface area (Å²) in [5.41, 5.74) is -0.220. The third kappa shape index (κ3) is 4.18. The van der Waals surface area contributed by atoms with Gasteiger partial charge in [0.1, 0.15) is 10.8 Å². The maximum Gasteiger partial charge on any atom is 0.409 e. The maximum absolute atomic E-state index is 13.5. The van der Waals surface area contributed by atoms with E-state index in [2.05, 4.69) is 10.2 Å². The van der Waals surface area contributed by atoms with Gasteiger partial charge in [0.15, 0.2) is 5.54 Å². The van der Waals surface area contributed by atoms with Gasteiger partial charge >= 0.3 is 6.09 Å². The van der Waals surface area contributed by atoms with Gasteiger partial charge < -0.3 is 10.0 Å². The van der Waals surface area contributed by atoms with Crippen LogP contribution in [0.3, 0.4) is 0 Å². The summed E-state index contributed by atoms with van der Waals surface area (Å²) >= 11 is 1.28. The number of nitrogens with zero attached hydrogens (tertiary/aromatic N) is 4. The van der Waals surface area contributed by atoms with E-state index in [0.29, 0.717) is 42.8 Å². The fourth-order valence-corrected chi connectivity index (χ4v) is 6.95. The molecule has 1 spiro atoms. The predicted molar refractivity (Wildman–Crippen MR) is 136 cm³/mol. The van der Waals surface area contributed by atoms with Gasteiger partial charge in [-0.1, -0.05) is 18.2 Å². The van der Waals surface area contributed by atoms with Gasteiger partial charge in [-0.2, -0.15) is 0 Å². The quantitative estimate of drug-likeness (QED) is 0.670. The zero-order chi connectivity index (χ0) is 24.7. The van der Waals surface area contributed by atoms with Crippen molar-refractivity contribution in [3.8, 4) is 0 Å². The third-order valence-electron chi connectivity index (χ3n) is 7.52. The van der Waals surface area contributed by atoms with E-state index in [1.165, 1.54) is 11.3 Å². The van der Waals surface area contributed by atoms with Crippen molar-refractivity contribution in [3.63, 3.8) is 0 Å². The number of fused-ring (bicyclic) bond motifs is 1. The summed E-state index contributed by atoms with van der Waals surface area (Å²) in [4.78, 5) is 48.8. The molecule has 2 aromatic rings. The fraction of sp³-hybridized carbons (Fsp3) is 0.520. The molecular formula is C25H31N5O4S. The van der Waals surface area contributed by atoms with Crippen molar-refractivity contribution >= 4 is 50.2 Å². The summed E-state index contributed by atoms with van der Waals surface area (Å²) in [5, 5.41) is 12.8. The topological polar surface area (TPSA) is 106 Å². The lowest BCUT2D eigenvalue weighted by Gasteiger charge is -2.44. The number of amidine groups is 1. The van der Waals surface area contributed by atoms with Crippen LogP contribution >= 0.6 is 11.3 Å². The molecule has 5 rings (SSSR count). The van der Waals surface area contributed by atoms with Crippen molar-refractivity contribution in [3.05, 3.63) is 29.8 Å². The van der Waals surface area contributed by atoms with Crippen LogP contribution < -0.4 is 5.32 Å². The molecule has 3 aliphatic heterocycles. The smallest absolute Gasteiger partial charge is 0.409 e. The molecule has 186 valence electrons. The number of thiophene rings is 1. The highest BCUT2D eigenvalue weighted by Crippen LogP contribution is 2.38. The molecule has 0 bridgehead atoms. The van der Waals surface area contributed by atoms with E-state index in [1.54, 1.807) is 4.90 Å². The molecule has 1 atom stereocenters. The van der Waals surface area contributed by atoms with Crippen LogP contribution in [0.15, 0.2) is 29.3 Å². The number of carbonyl (C=O) groups is 3. The second kappa shape index (κ2) is 9.23. The lowest BCUT2D eigenvalue weighted by Crippen LogP contribution is -2.57. The van der Waals surface area contributed by atoms with Crippen molar-refractivity contribution in [2.45, 2.75) is 51.1 Å². The number of carbonyl (C=O) groups excluding carboxylic acids is 2. The molecule has 35 heavy (non-hydrogen) atoms. The molecule has 10 heteroatoms. The first kappa shape index (κ1) is 23.7. The van der Waals surface area contributed by atoms with E-state index >= 15 is 0 Å². The number of aliphatic imine (C=N–C) groups is 1. The lowest BCUT2D eigenvalue weighted by molar-refractivity contribution is -0.133. The summed E-state index contributed by atoms with van der Waals surface area (Å²) in [6, 6.07) is 7.81. The zero-order valence-corrected chi connectivity index (χ0v) is 20.9. The highest BCUT2D eigenvalue weighted by molar-refractivity contribution is 7.23. The van der Waals surface area contributed by atoms with Gasteiger partial charge in [-0.15, -0.1) is 11.3 Å². The summed E-state index contributed by atoms with van der Waals surface area (Å²) in [6.07, 6.45) is 2.19. The highest BCUT2D eigenvalue weighted by atomic mass is 32.1. The van der Waals surface area contributed by atoms with Gasteiger partial charge in [0.05, 0.1) is 5.56 Å². The Morgan fingerprint density at radius 2 is 1.97 bits per heavy atom. The number of hydrogen-bond donors (Lipinski definition) is 2. The van der Waals surface area contributed by atoms with Crippen LogP contribution in [-0.2, 0) is 4.79 Å². The second-order valence-electron chi connectivity index (χ2n) is 9.57. The van der Waals surface area contributed by atoms with Crippen LogP contribution in [0.5, 0.6) is 0 Å². The SMILES string of the molecule is CCN1C(=O)C2(CCCN(C3CCN(C(=O)c4c(NC(=O)O)sc5ccccc45)CC3)C2)N=C1C. The van der Waals surface area contributed by atoms with Crippen molar-refractivity contribution in [2.75, 3.05) is 38.0 Å². The molecule has 4 heterocycles. The number of likely N-dealkylation sites (tertiary alicyclic amines) is 2. The Balaban J connectivity index is 1.29. The largest absolute Gasteiger partial charge is 0.465 e. The summed E-state index contributed by atoms with van der Waals surface area (Å²) in [6.45, 7) is 7.32. The normalized spacial score (nSPS) is 23.8. The first-order valence-corrected chi connectivity index (χ1v) is 13.1. The van der Waals surface area contributed by atoms with Crippen LogP contribution in [0.2, 0.25) is 0 Å². The average molecular weight is 498 g/mol. The minimum absolute atomic E-state index is 0.123. The Morgan fingerprint density at radius 3 is 2.66 bits per heavy atom. The molecule has 2 N–H and O–H groups in total. The molecule has 0 radical (unpaired) electrons. The predicted octanol–water partition coefficient (Wildman–Crippen LogP) is 3.71. The average Bonchev–Trinajstić information content (AvgIpc) is 3.31. The number of piperidine rings is 2. The minimum atomic E-state index is -1.18. The van der Waals surface area contributed by atoms with Gasteiger partial charge in [-0.05, 0) is 52.1 Å². The highest BCUT2D eigenvalue weighted by Gasteiger charge is 2.50. The molecule has 3 aliphatic rings. The second-order valence-corrected chi connectivity index (χ2v) is 10.6. The van der Waals surface area contributed by atoms with Gasteiger partial charge in [-0.25, -0.2) is 4.79 Å². The molecular weight excluding hydrogens is 466 g/mol. The van der Waals surface area contributed by atoms with Crippen LogP contribution in [0.1, 0.15) is 49.9 Å². The molecule has 2 fully saturated rings. The lowest BCUT2D eigenvalue weighted by atomic mass is 9.87. The van der Waals surface area contributed by atoms with E-state index in [-0.39, 0.29) is 11.8 Å². The molecule has 2 saturated heterocycles. The van der Waals surface area contributed by atoms with Crippen LogP contribution in [-0.4, -0.2) is 87.9 Å². The Kier molecular flexibility index (Phi) is 6.27. The van der Waals surface area contributed by atoms with Gasteiger partial charge in [0, 0.05) is 42.3 Å². The molecule has 1 aromatic carbocycles. The molecule has 9 nitrogen and oxygen atoms in total. The first-order chi connectivity index (χ1) is 16.8. The summed E-state index contributed by atoms with van der Waals surface area (Å²) in [7, 11) is 0. The molecule has 1 unspecified atom stereocenters. The Morgan fingerprint density at radius 1 is 1.23 bits per heavy atom. The first-order valence-electron chi connectivity index (χ1n) is 12.3. The number of amides is 3. The van der Waals surface area contributed by atoms with Crippen LogP contribution in [0.25, 0.3) is 10.1 Å². The van der Waals surface area contributed by atoms with E-state index in [1.807, 2.05) is 43.0 Å². The standard InChI is InChI=1S/C25H31N5O4S/c1-3-30-16(2)27-25(23(30)32)11-6-12-29(15-25)17-9-13-28(14-10-17)22(31)20-18-7-4-5-8-19(18)35-21(20)26-24(33)34/h4-5,7-8,17,26H,3,6,9-15H2,1-2H3,(H,33,34). The van der Waals surface area contributed by atoms with Crippen molar-refractivity contribution in [2.24, 2.45) is 4.99 Å². The number of nitrogens with one attached hydrogen (secondary N) is 1. The Hall–Kier alpha value is -2.98. The third-order valence-corrected chi connectivity index (χ3v) is 8.61. The number of rotatable bonds is 4. The van der Waals surface area contributed by atoms with Crippen molar-refractivity contribution in [1.29, 1.82) is 0 Å². The number of benzene rings is 1. The van der Waals surface area contributed by atoms with E-state index in [0.717, 1.165) is 48.1 Å². The minimum Gasteiger partial charge on any atom is -0.465 e. The molecule has 3 amide bonds. The molecule has 0 saturated carbocycles. The molecule has 1 aromatic heterocycles.